The molecule has 0 atom stereocenters. The summed E-state index contributed by atoms with van der Waals surface area (Å²) in [6.07, 6.45) is 4.09. The number of hydrogen-bond acceptors (Lipinski definition) is 3. The molecule has 1 rings (SSSR count). The summed E-state index contributed by atoms with van der Waals surface area (Å²) in [5.74, 6) is -1.66. The molecule has 0 aliphatic rings. The van der Waals surface area contributed by atoms with Crippen molar-refractivity contribution in [3.63, 3.8) is 0 Å². The lowest BCUT2D eigenvalue weighted by Gasteiger charge is -2.10. The zero-order valence-electron chi connectivity index (χ0n) is 12.0. The van der Waals surface area contributed by atoms with Crippen LogP contribution in [0.1, 0.15) is 6.92 Å². The van der Waals surface area contributed by atoms with Crippen LogP contribution in [0.15, 0.2) is 60.2 Å². The van der Waals surface area contributed by atoms with Gasteiger partial charge < -0.3 is 15.7 Å². The number of nitrogens with one attached hydrogen (secondary N) is 2. The number of allylic oxidation sites excluding steroid dienone is 3. The lowest BCUT2D eigenvalue weighted by molar-refractivity contribution is -0.132. The normalized spacial score (nSPS) is 11.7. The number of carboxylic acids is 1. The summed E-state index contributed by atoms with van der Waals surface area (Å²) < 4.78 is 0. The molecule has 0 aromatic heterocycles. The molecule has 5 nitrogen and oxygen atoms in total. The van der Waals surface area contributed by atoms with E-state index < -0.39 is 11.9 Å². The lowest BCUT2D eigenvalue weighted by atomic mass is 10.0. The van der Waals surface area contributed by atoms with Crippen LogP contribution >= 0.6 is 0 Å². The van der Waals surface area contributed by atoms with Crippen molar-refractivity contribution in [3.05, 3.63) is 60.2 Å². The second kappa shape index (κ2) is 7.69. The van der Waals surface area contributed by atoms with Crippen molar-refractivity contribution >= 4 is 23.3 Å². The number of carbonyl (C=O) groups is 2. The maximum absolute atomic E-state index is 12.2. The van der Waals surface area contributed by atoms with Crippen molar-refractivity contribution in [3.8, 4) is 0 Å². The SMILES string of the molecule is C=C/C=C(C(=O)O)\C(=C/C)C(=O)Nc1cccc(NC)c1. The van der Waals surface area contributed by atoms with Gasteiger partial charge in [-0.3, -0.25) is 4.79 Å². The third-order valence-corrected chi connectivity index (χ3v) is 2.75. The molecule has 0 bridgehead atoms. The van der Waals surface area contributed by atoms with Crippen molar-refractivity contribution in [1.29, 1.82) is 0 Å². The molecule has 1 aromatic carbocycles. The highest BCUT2D eigenvalue weighted by atomic mass is 16.4. The molecule has 1 amide bonds. The number of carbonyl (C=O) groups excluding carboxylic acids is 1. The van der Waals surface area contributed by atoms with Crippen molar-refractivity contribution in [2.24, 2.45) is 0 Å². The lowest BCUT2D eigenvalue weighted by Crippen LogP contribution is -2.19. The Bertz CT molecular complexity index is 616. The van der Waals surface area contributed by atoms with Crippen LogP contribution in [0.2, 0.25) is 0 Å². The van der Waals surface area contributed by atoms with Crippen LogP contribution in [-0.2, 0) is 9.59 Å². The van der Waals surface area contributed by atoms with E-state index >= 15 is 0 Å². The summed E-state index contributed by atoms with van der Waals surface area (Å²) in [6, 6.07) is 7.12. The first-order valence-corrected chi connectivity index (χ1v) is 6.35. The third kappa shape index (κ3) is 4.35. The van der Waals surface area contributed by atoms with Crippen molar-refractivity contribution in [1.82, 2.24) is 0 Å². The number of rotatable bonds is 6. The quantitative estimate of drug-likeness (QED) is 0.555. The molecule has 3 N–H and O–H groups in total. The van der Waals surface area contributed by atoms with Gasteiger partial charge in [-0.05, 0) is 31.2 Å². The molecule has 0 saturated heterocycles. The van der Waals surface area contributed by atoms with Crippen LogP contribution in [0, 0.1) is 0 Å². The van der Waals surface area contributed by atoms with Crippen molar-refractivity contribution < 1.29 is 14.7 Å². The fraction of sp³-hybridized carbons (Fsp3) is 0.125. The van der Waals surface area contributed by atoms with Gasteiger partial charge >= 0.3 is 5.97 Å². The molecule has 0 spiro atoms. The van der Waals surface area contributed by atoms with Crippen LogP contribution in [0.5, 0.6) is 0 Å². The Balaban J connectivity index is 3.02. The van der Waals surface area contributed by atoms with Crippen LogP contribution < -0.4 is 10.6 Å². The second-order valence-corrected chi connectivity index (χ2v) is 4.11. The Morgan fingerprint density at radius 2 is 1.90 bits per heavy atom. The molecule has 0 radical (unpaired) electrons. The fourth-order valence-electron chi connectivity index (χ4n) is 1.75. The fourth-order valence-corrected chi connectivity index (χ4v) is 1.75. The molecule has 5 heteroatoms. The van der Waals surface area contributed by atoms with Gasteiger partial charge in [0.05, 0.1) is 5.57 Å². The summed E-state index contributed by atoms with van der Waals surface area (Å²) in [6.45, 7) is 5.07. The van der Waals surface area contributed by atoms with E-state index in [1.165, 1.54) is 18.2 Å². The summed E-state index contributed by atoms with van der Waals surface area (Å²) in [4.78, 5) is 23.4. The molecule has 0 unspecified atom stereocenters. The van der Waals surface area contributed by atoms with Gasteiger partial charge in [-0.15, -0.1) is 0 Å². The number of benzene rings is 1. The van der Waals surface area contributed by atoms with E-state index in [4.69, 9.17) is 5.11 Å². The van der Waals surface area contributed by atoms with Crippen LogP contribution in [0.3, 0.4) is 0 Å². The van der Waals surface area contributed by atoms with E-state index in [2.05, 4.69) is 17.2 Å². The number of hydrogen-bond donors (Lipinski definition) is 3. The maximum atomic E-state index is 12.2. The summed E-state index contributed by atoms with van der Waals surface area (Å²) in [5, 5.41) is 14.8. The predicted octanol–water partition coefficient (Wildman–Crippen LogP) is 2.81. The number of carboxylic acid groups (broad SMARTS) is 1. The van der Waals surface area contributed by atoms with E-state index in [0.717, 1.165) is 5.69 Å². The standard InChI is InChI=1S/C16H18N2O3/c1-4-7-14(16(20)21)13(5-2)15(19)18-12-9-6-8-11(10-12)17-3/h4-10,17H,1H2,2-3H3,(H,18,19)(H,20,21)/b13-5+,14-7+. The van der Waals surface area contributed by atoms with E-state index in [9.17, 15) is 9.59 Å². The molecule has 110 valence electrons. The van der Waals surface area contributed by atoms with Gasteiger partial charge in [-0.25, -0.2) is 4.79 Å². The average molecular weight is 286 g/mol. The molecule has 0 aliphatic heterocycles. The van der Waals surface area contributed by atoms with Gasteiger partial charge in [0.1, 0.15) is 0 Å². The molecule has 21 heavy (non-hydrogen) atoms. The van der Waals surface area contributed by atoms with Gasteiger partial charge in [-0.2, -0.15) is 0 Å². The van der Waals surface area contributed by atoms with Crippen molar-refractivity contribution in [2.75, 3.05) is 17.7 Å². The molecule has 1 aromatic rings. The highest BCUT2D eigenvalue weighted by molar-refractivity contribution is 6.13. The Kier molecular flexibility index (Phi) is 5.95. The Hall–Kier alpha value is -2.82. The van der Waals surface area contributed by atoms with Gasteiger partial charge in [0.2, 0.25) is 0 Å². The minimum Gasteiger partial charge on any atom is -0.478 e. The van der Waals surface area contributed by atoms with Crippen LogP contribution in [0.4, 0.5) is 11.4 Å². The average Bonchev–Trinajstić information content (AvgIpc) is 2.47. The first kappa shape index (κ1) is 16.2. The van der Waals surface area contributed by atoms with Gasteiger partial charge in [-0.1, -0.05) is 24.8 Å². The Morgan fingerprint density at radius 3 is 2.43 bits per heavy atom. The highest BCUT2D eigenvalue weighted by Gasteiger charge is 2.19. The maximum Gasteiger partial charge on any atom is 0.336 e. The zero-order chi connectivity index (χ0) is 15.8. The molecular weight excluding hydrogens is 268 g/mol. The van der Waals surface area contributed by atoms with E-state index in [-0.39, 0.29) is 11.1 Å². The smallest absolute Gasteiger partial charge is 0.336 e. The van der Waals surface area contributed by atoms with Gasteiger partial charge in [0, 0.05) is 24.0 Å². The van der Waals surface area contributed by atoms with E-state index in [1.54, 1.807) is 32.2 Å². The highest BCUT2D eigenvalue weighted by Crippen LogP contribution is 2.18. The minimum absolute atomic E-state index is 0.0808. The zero-order valence-corrected chi connectivity index (χ0v) is 12.0. The molecule has 0 saturated carbocycles. The van der Waals surface area contributed by atoms with Crippen molar-refractivity contribution in [2.45, 2.75) is 6.92 Å². The Labute approximate surface area is 123 Å². The second-order valence-electron chi connectivity index (χ2n) is 4.11. The largest absolute Gasteiger partial charge is 0.478 e. The van der Waals surface area contributed by atoms with Crippen LogP contribution in [-0.4, -0.2) is 24.0 Å². The number of aliphatic carboxylic acids is 1. The Morgan fingerprint density at radius 1 is 1.24 bits per heavy atom. The summed E-state index contributed by atoms with van der Waals surface area (Å²) >= 11 is 0. The topological polar surface area (TPSA) is 78.4 Å². The third-order valence-electron chi connectivity index (χ3n) is 2.75. The predicted molar refractivity (Wildman–Crippen MR) is 84.3 cm³/mol. The van der Waals surface area contributed by atoms with Gasteiger partial charge in [0.25, 0.3) is 5.91 Å². The molecule has 0 heterocycles. The molecule has 0 fully saturated rings. The van der Waals surface area contributed by atoms with E-state index in [1.807, 2.05) is 6.07 Å². The minimum atomic E-state index is -1.18. The summed E-state index contributed by atoms with van der Waals surface area (Å²) in [7, 11) is 1.77. The summed E-state index contributed by atoms with van der Waals surface area (Å²) in [5.41, 5.74) is 1.40. The monoisotopic (exact) mass is 286 g/mol. The molecular formula is C16H18N2O3. The number of amides is 1. The molecule has 0 aliphatic carbocycles. The van der Waals surface area contributed by atoms with Crippen LogP contribution in [0.25, 0.3) is 0 Å². The number of anilines is 2. The first-order chi connectivity index (χ1) is 10.0. The van der Waals surface area contributed by atoms with E-state index in [0.29, 0.717) is 5.69 Å². The van der Waals surface area contributed by atoms with Gasteiger partial charge in [0.15, 0.2) is 0 Å². The first-order valence-electron chi connectivity index (χ1n) is 6.35.